The minimum absolute atomic E-state index is 0.0103. The minimum atomic E-state index is -0.255. The second-order valence-electron chi connectivity index (χ2n) is 5.00. The lowest BCUT2D eigenvalue weighted by atomic mass is 9.83. The van der Waals surface area contributed by atoms with E-state index in [9.17, 15) is 0 Å². The van der Waals surface area contributed by atoms with Crippen molar-refractivity contribution in [2.45, 2.75) is 52.2 Å². The molecule has 0 aromatic heterocycles. The molecule has 0 bridgehead atoms. The zero-order chi connectivity index (χ0) is 13.8. The van der Waals surface area contributed by atoms with Gasteiger partial charge < -0.3 is 4.74 Å². The number of nitrogens with two attached hydrogens (primary N) is 1. The van der Waals surface area contributed by atoms with Crippen LogP contribution in [0.1, 0.15) is 49.4 Å². The number of methoxy groups -OCH3 is 1. The lowest BCUT2D eigenvalue weighted by Crippen LogP contribution is -2.47. The highest BCUT2D eigenvalue weighted by Gasteiger charge is 2.36. The number of aryl methyl sites for hydroxylation is 2. The lowest BCUT2D eigenvalue weighted by molar-refractivity contribution is -0.0487. The second-order valence-corrected chi connectivity index (χ2v) is 5.00. The highest BCUT2D eigenvalue weighted by molar-refractivity contribution is 5.32. The Morgan fingerprint density at radius 1 is 1.17 bits per heavy atom. The average Bonchev–Trinajstić information content (AvgIpc) is 2.35. The van der Waals surface area contributed by atoms with Crippen LogP contribution in [0.3, 0.4) is 0 Å². The number of nitrogens with one attached hydrogen (secondary N) is 1. The van der Waals surface area contributed by atoms with E-state index in [0.717, 1.165) is 12.8 Å². The van der Waals surface area contributed by atoms with Gasteiger partial charge in [0.1, 0.15) is 0 Å². The van der Waals surface area contributed by atoms with Gasteiger partial charge >= 0.3 is 0 Å². The van der Waals surface area contributed by atoms with E-state index >= 15 is 0 Å². The first-order valence-corrected chi connectivity index (χ1v) is 6.62. The molecule has 0 saturated carbocycles. The summed E-state index contributed by atoms with van der Waals surface area (Å²) >= 11 is 0. The molecule has 1 unspecified atom stereocenters. The number of ether oxygens (including phenoxy) is 1. The van der Waals surface area contributed by atoms with Crippen molar-refractivity contribution >= 4 is 0 Å². The quantitative estimate of drug-likeness (QED) is 0.602. The molecule has 0 aliphatic heterocycles. The van der Waals surface area contributed by atoms with Crippen molar-refractivity contribution in [3.8, 4) is 0 Å². The summed E-state index contributed by atoms with van der Waals surface area (Å²) in [7, 11) is 1.76. The molecule has 1 aromatic rings. The molecule has 18 heavy (non-hydrogen) atoms. The first kappa shape index (κ1) is 15.2. The first-order valence-electron chi connectivity index (χ1n) is 6.62. The van der Waals surface area contributed by atoms with E-state index in [1.54, 1.807) is 7.11 Å². The Morgan fingerprint density at radius 2 is 1.67 bits per heavy atom. The Balaban J connectivity index is 3.22. The molecule has 0 spiro atoms. The monoisotopic (exact) mass is 250 g/mol. The number of benzene rings is 1. The Bertz CT molecular complexity index is 358. The molecule has 3 heteroatoms. The van der Waals surface area contributed by atoms with Crippen molar-refractivity contribution in [3.63, 3.8) is 0 Å². The Kier molecular flexibility index (Phi) is 5.32. The fraction of sp³-hybridized carbons (Fsp3) is 0.600. The van der Waals surface area contributed by atoms with Crippen LogP contribution in [0.4, 0.5) is 0 Å². The maximum Gasteiger partial charge on any atom is 0.0880 e. The molecular weight excluding hydrogens is 224 g/mol. The van der Waals surface area contributed by atoms with Crippen molar-refractivity contribution in [1.82, 2.24) is 5.43 Å². The van der Waals surface area contributed by atoms with Crippen LogP contribution in [0.25, 0.3) is 0 Å². The molecule has 3 nitrogen and oxygen atoms in total. The van der Waals surface area contributed by atoms with Gasteiger partial charge in [-0.05, 0) is 32.3 Å². The molecular formula is C15H26N2O. The number of rotatable bonds is 6. The van der Waals surface area contributed by atoms with E-state index in [4.69, 9.17) is 10.6 Å². The summed E-state index contributed by atoms with van der Waals surface area (Å²) in [6.07, 6.45) is 1.84. The maximum atomic E-state index is 5.79. The molecule has 102 valence electrons. The van der Waals surface area contributed by atoms with Crippen molar-refractivity contribution in [2.75, 3.05) is 7.11 Å². The summed E-state index contributed by atoms with van der Waals surface area (Å²) in [6.45, 7) is 8.49. The van der Waals surface area contributed by atoms with Crippen LogP contribution in [0, 0.1) is 13.8 Å². The normalized spacial score (nSPS) is 13.7. The summed E-state index contributed by atoms with van der Waals surface area (Å²) in [6, 6.07) is 6.53. The van der Waals surface area contributed by atoms with Gasteiger partial charge in [-0.3, -0.25) is 11.3 Å². The molecule has 0 saturated heterocycles. The third-order valence-corrected chi connectivity index (χ3v) is 3.87. The van der Waals surface area contributed by atoms with Gasteiger partial charge in [0.2, 0.25) is 0 Å². The van der Waals surface area contributed by atoms with Gasteiger partial charge in [0.15, 0.2) is 0 Å². The highest BCUT2D eigenvalue weighted by atomic mass is 16.5. The van der Waals surface area contributed by atoms with E-state index in [2.05, 4.69) is 51.3 Å². The zero-order valence-electron chi connectivity index (χ0n) is 12.2. The van der Waals surface area contributed by atoms with Crippen molar-refractivity contribution in [2.24, 2.45) is 5.84 Å². The highest BCUT2D eigenvalue weighted by Crippen LogP contribution is 2.35. The Morgan fingerprint density at radius 3 is 2.00 bits per heavy atom. The molecule has 0 aliphatic carbocycles. The van der Waals surface area contributed by atoms with E-state index in [1.165, 1.54) is 16.7 Å². The number of hydrogen-bond acceptors (Lipinski definition) is 3. The predicted octanol–water partition coefficient (Wildman–Crippen LogP) is 3.01. The fourth-order valence-corrected chi connectivity index (χ4v) is 2.79. The predicted molar refractivity (Wildman–Crippen MR) is 76.3 cm³/mol. The third-order valence-electron chi connectivity index (χ3n) is 3.87. The van der Waals surface area contributed by atoms with Gasteiger partial charge in [-0.25, -0.2) is 0 Å². The van der Waals surface area contributed by atoms with E-state index in [1.807, 2.05) is 0 Å². The van der Waals surface area contributed by atoms with Gasteiger partial charge in [0.05, 0.1) is 11.6 Å². The summed E-state index contributed by atoms with van der Waals surface area (Å²) < 4.78 is 5.78. The lowest BCUT2D eigenvalue weighted by Gasteiger charge is -2.38. The smallest absolute Gasteiger partial charge is 0.0880 e. The summed E-state index contributed by atoms with van der Waals surface area (Å²) in [4.78, 5) is 0. The van der Waals surface area contributed by atoms with Gasteiger partial charge in [0, 0.05) is 7.11 Å². The molecule has 1 atom stereocenters. The largest absolute Gasteiger partial charge is 0.376 e. The number of hydrazine groups is 1. The molecule has 0 aliphatic rings. The molecule has 3 N–H and O–H groups in total. The molecule has 0 amide bonds. The Hall–Kier alpha value is -0.900. The molecule has 0 radical (unpaired) electrons. The topological polar surface area (TPSA) is 47.3 Å². The van der Waals surface area contributed by atoms with Gasteiger partial charge in [-0.15, -0.1) is 0 Å². The summed E-state index contributed by atoms with van der Waals surface area (Å²) in [5.41, 5.74) is 6.39. The van der Waals surface area contributed by atoms with Gasteiger partial charge in [0.25, 0.3) is 0 Å². The van der Waals surface area contributed by atoms with Crippen LogP contribution in [-0.2, 0) is 4.74 Å². The van der Waals surface area contributed by atoms with Gasteiger partial charge in [-0.2, -0.15) is 0 Å². The zero-order valence-corrected chi connectivity index (χ0v) is 12.2. The number of hydrogen-bond donors (Lipinski definition) is 2. The van der Waals surface area contributed by atoms with Crippen molar-refractivity contribution in [3.05, 3.63) is 34.9 Å². The standard InChI is InChI=1S/C15H26N2O/c1-6-15(7-2,18-5)14(17-16)13-9-11(3)8-12(4)10-13/h8-10,14,17H,6-7,16H2,1-5H3. The van der Waals surface area contributed by atoms with E-state index < -0.39 is 0 Å². The van der Waals surface area contributed by atoms with Crippen molar-refractivity contribution < 1.29 is 4.74 Å². The van der Waals surface area contributed by atoms with Crippen LogP contribution in [0.15, 0.2) is 18.2 Å². The molecule has 0 fully saturated rings. The SMILES string of the molecule is CCC(CC)(OC)C(NN)c1cc(C)cc(C)c1. The molecule has 1 aromatic carbocycles. The Labute approximate surface area is 111 Å². The van der Waals surface area contributed by atoms with Crippen LogP contribution in [-0.4, -0.2) is 12.7 Å². The molecule has 1 rings (SSSR count). The summed E-state index contributed by atoms with van der Waals surface area (Å²) in [5.74, 6) is 5.79. The van der Waals surface area contributed by atoms with Crippen molar-refractivity contribution in [1.29, 1.82) is 0 Å². The van der Waals surface area contributed by atoms with Crippen LogP contribution in [0.2, 0.25) is 0 Å². The fourth-order valence-electron chi connectivity index (χ4n) is 2.79. The molecule has 0 heterocycles. The first-order chi connectivity index (χ1) is 8.52. The third kappa shape index (κ3) is 2.91. The summed E-state index contributed by atoms with van der Waals surface area (Å²) in [5, 5.41) is 0. The van der Waals surface area contributed by atoms with Crippen LogP contribution >= 0.6 is 0 Å². The maximum absolute atomic E-state index is 5.79. The van der Waals surface area contributed by atoms with E-state index in [0.29, 0.717) is 0 Å². The minimum Gasteiger partial charge on any atom is -0.376 e. The van der Waals surface area contributed by atoms with Crippen LogP contribution < -0.4 is 11.3 Å². The van der Waals surface area contributed by atoms with Crippen LogP contribution in [0.5, 0.6) is 0 Å². The second kappa shape index (κ2) is 6.32. The van der Waals surface area contributed by atoms with E-state index in [-0.39, 0.29) is 11.6 Å². The van der Waals surface area contributed by atoms with Gasteiger partial charge in [-0.1, -0.05) is 43.2 Å². The average molecular weight is 250 g/mol.